The van der Waals surface area contributed by atoms with Crippen LogP contribution in [0, 0.1) is 5.92 Å². The fourth-order valence-electron chi connectivity index (χ4n) is 2.03. The number of hydrogen-bond donors (Lipinski definition) is 2. The highest BCUT2D eigenvalue weighted by molar-refractivity contribution is 14.0. The Labute approximate surface area is 161 Å². The van der Waals surface area contributed by atoms with Crippen molar-refractivity contribution in [1.29, 1.82) is 0 Å². The molecule has 138 valence electrons. The maximum atomic E-state index is 5.61. The topological polar surface area (TPSA) is 84.6 Å². The molecule has 1 aromatic heterocycles. The second-order valence-corrected chi connectivity index (χ2v) is 6.25. The lowest BCUT2D eigenvalue weighted by Gasteiger charge is -2.11. The van der Waals surface area contributed by atoms with Crippen molar-refractivity contribution in [3.05, 3.63) is 11.7 Å². The van der Waals surface area contributed by atoms with E-state index in [1.807, 2.05) is 13.8 Å². The normalized spacial score (nSPS) is 14.6. The molecule has 1 aliphatic rings. The van der Waals surface area contributed by atoms with Gasteiger partial charge in [-0.15, -0.1) is 24.0 Å². The first-order chi connectivity index (χ1) is 11.2. The number of halogens is 1. The molecule has 7 nitrogen and oxygen atoms in total. The summed E-state index contributed by atoms with van der Waals surface area (Å²) in [5.41, 5.74) is 0. The van der Waals surface area contributed by atoms with E-state index < -0.39 is 0 Å². The Balaban J connectivity index is 0.00000288. The molecule has 0 atom stereocenters. The number of guanidine groups is 1. The van der Waals surface area contributed by atoms with Gasteiger partial charge in [0.05, 0.1) is 0 Å². The standard InChI is InChI=1S/C16H29N5O2.HI/c1-12(2)15-20-14(23-21-15)7-9-19-16(17-3)18-8-4-10-22-11-13-5-6-13;/h12-13H,4-11H2,1-3H3,(H2,17,18,19);1H. The summed E-state index contributed by atoms with van der Waals surface area (Å²) >= 11 is 0. The molecule has 24 heavy (non-hydrogen) atoms. The Morgan fingerprint density at radius 1 is 1.33 bits per heavy atom. The number of rotatable bonds is 10. The molecular formula is C16H30IN5O2. The van der Waals surface area contributed by atoms with E-state index in [0.717, 1.165) is 43.9 Å². The lowest BCUT2D eigenvalue weighted by molar-refractivity contribution is 0.123. The average molecular weight is 451 g/mol. The first-order valence-corrected chi connectivity index (χ1v) is 8.53. The van der Waals surface area contributed by atoms with E-state index in [1.165, 1.54) is 12.8 Å². The van der Waals surface area contributed by atoms with Crippen LogP contribution in [-0.2, 0) is 11.2 Å². The quantitative estimate of drug-likeness (QED) is 0.246. The van der Waals surface area contributed by atoms with Gasteiger partial charge < -0.3 is 19.9 Å². The van der Waals surface area contributed by atoms with Crippen molar-refractivity contribution in [3.8, 4) is 0 Å². The first kappa shape index (κ1) is 21.1. The largest absolute Gasteiger partial charge is 0.381 e. The average Bonchev–Trinajstić information content (AvgIpc) is 3.24. The maximum absolute atomic E-state index is 5.61. The second-order valence-electron chi connectivity index (χ2n) is 6.25. The molecule has 0 saturated heterocycles. The van der Waals surface area contributed by atoms with Crippen molar-refractivity contribution in [1.82, 2.24) is 20.8 Å². The van der Waals surface area contributed by atoms with Crippen LogP contribution in [-0.4, -0.2) is 49.5 Å². The molecule has 0 aliphatic heterocycles. The minimum Gasteiger partial charge on any atom is -0.381 e. The second kappa shape index (κ2) is 11.6. The number of nitrogens with one attached hydrogen (secondary N) is 2. The Bertz CT molecular complexity index is 489. The van der Waals surface area contributed by atoms with Crippen LogP contribution in [0.4, 0.5) is 0 Å². The lowest BCUT2D eigenvalue weighted by atomic mass is 10.2. The highest BCUT2D eigenvalue weighted by atomic mass is 127. The summed E-state index contributed by atoms with van der Waals surface area (Å²) in [5, 5.41) is 10.5. The van der Waals surface area contributed by atoms with Gasteiger partial charge in [0.25, 0.3) is 0 Å². The predicted octanol–water partition coefficient (Wildman–Crippen LogP) is 2.34. The molecule has 0 radical (unpaired) electrons. The summed E-state index contributed by atoms with van der Waals surface area (Å²) in [7, 11) is 1.77. The van der Waals surface area contributed by atoms with Crippen LogP contribution in [0.5, 0.6) is 0 Å². The fraction of sp³-hybridized carbons (Fsp3) is 0.812. The van der Waals surface area contributed by atoms with Crippen molar-refractivity contribution in [3.63, 3.8) is 0 Å². The van der Waals surface area contributed by atoms with E-state index in [1.54, 1.807) is 7.05 Å². The number of aromatic nitrogens is 2. The third-order valence-corrected chi connectivity index (χ3v) is 3.66. The van der Waals surface area contributed by atoms with E-state index in [-0.39, 0.29) is 29.9 Å². The molecule has 0 spiro atoms. The molecule has 1 heterocycles. The van der Waals surface area contributed by atoms with E-state index in [0.29, 0.717) is 18.9 Å². The van der Waals surface area contributed by atoms with Crippen molar-refractivity contribution < 1.29 is 9.26 Å². The number of nitrogens with zero attached hydrogens (tertiary/aromatic N) is 3. The molecule has 0 unspecified atom stereocenters. The molecule has 1 fully saturated rings. The van der Waals surface area contributed by atoms with E-state index >= 15 is 0 Å². The molecule has 2 N–H and O–H groups in total. The van der Waals surface area contributed by atoms with Crippen molar-refractivity contribution >= 4 is 29.9 Å². The van der Waals surface area contributed by atoms with Gasteiger partial charge in [0.1, 0.15) is 0 Å². The van der Waals surface area contributed by atoms with Gasteiger partial charge in [-0.1, -0.05) is 19.0 Å². The van der Waals surface area contributed by atoms with Gasteiger partial charge in [-0.05, 0) is 25.2 Å². The van der Waals surface area contributed by atoms with Crippen LogP contribution in [0.2, 0.25) is 0 Å². The minimum atomic E-state index is 0. The lowest BCUT2D eigenvalue weighted by Crippen LogP contribution is -2.39. The number of hydrogen-bond acceptors (Lipinski definition) is 5. The van der Waals surface area contributed by atoms with Crippen molar-refractivity contribution in [2.24, 2.45) is 10.9 Å². The summed E-state index contributed by atoms with van der Waals surface area (Å²) in [5.74, 6) is 3.32. The highest BCUT2D eigenvalue weighted by Crippen LogP contribution is 2.28. The van der Waals surface area contributed by atoms with Gasteiger partial charge in [-0.2, -0.15) is 4.98 Å². The third-order valence-electron chi connectivity index (χ3n) is 3.66. The molecule has 1 aromatic rings. The van der Waals surface area contributed by atoms with E-state index in [2.05, 4.69) is 25.8 Å². The Hall–Kier alpha value is -0.900. The molecular weight excluding hydrogens is 421 g/mol. The van der Waals surface area contributed by atoms with Gasteiger partial charge in [-0.3, -0.25) is 4.99 Å². The van der Waals surface area contributed by atoms with E-state index in [4.69, 9.17) is 9.26 Å². The SMILES string of the molecule is CN=C(NCCCOCC1CC1)NCCc1nc(C(C)C)no1.I. The monoisotopic (exact) mass is 451 g/mol. The molecule has 0 bridgehead atoms. The zero-order valence-electron chi connectivity index (χ0n) is 14.9. The predicted molar refractivity (Wildman–Crippen MR) is 105 cm³/mol. The summed E-state index contributed by atoms with van der Waals surface area (Å²) in [6.07, 6.45) is 4.35. The number of ether oxygens (including phenoxy) is 1. The summed E-state index contributed by atoms with van der Waals surface area (Å²) in [6, 6.07) is 0. The van der Waals surface area contributed by atoms with Crippen molar-refractivity contribution in [2.45, 2.75) is 45.4 Å². The minimum absolute atomic E-state index is 0. The smallest absolute Gasteiger partial charge is 0.228 e. The summed E-state index contributed by atoms with van der Waals surface area (Å²) in [4.78, 5) is 8.55. The highest BCUT2D eigenvalue weighted by Gasteiger charge is 2.20. The fourth-order valence-corrected chi connectivity index (χ4v) is 2.03. The van der Waals surface area contributed by atoms with Gasteiger partial charge in [0.15, 0.2) is 11.8 Å². The Kier molecular flexibility index (Phi) is 10.2. The Morgan fingerprint density at radius 3 is 2.71 bits per heavy atom. The maximum Gasteiger partial charge on any atom is 0.228 e. The molecule has 2 rings (SSSR count). The van der Waals surface area contributed by atoms with Gasteiger partial charge in [0.2, 0.25) is 5.89 Å². The summed E-state index contributed by atoms with van der Waals surface area (Å²) < 4.78 is 10.8. The first-order valence-electron chi connectivity index (χ1n) is 8.53. The molecule has 1 saturated carbocycles. The molecule has 0 aromatic carbocycles. The van der Waals surface area contributed by atoms with Gasteiger partial charge in [-0.25, -0.2) is 0 Å². The Morgan fingerprint density at radius 2 is 2.08 bits per heavy atom. The molecule has 8 heteroatoms. The van der Waals surface area contributed by atoms with Crippen LogP contribution in [0.25, 0.3) is 0 Å². The third kappa shape index (κ3) is 8.27. The molecule has 0 amide bonds. The van der Waals surface area contributed by atoms with Crippen molar-refractivity contribution in [2.75, 3.05) is 33.4 Å². The van der Waals surface area contributed by atoms with E-state index in [9.17, 15) is 0 Å². The molecule has 1 aliphatic carbocycles. The van der Waals surface area contributed by atoms with Crippen LogP contribution in [0.3, 0.4) is 0 Å². The van der Waals surface area contributed by atoms with Crippen LogP contribution in [0.15, 0.2) is 9.52 Å². The van der Waals surface area contributed by atoms with Gasteiger partial charge in [0, 0.05) is 45.7 Å². The summed E-state index contributed by atoms with van der Waals surface area (Å²) in [6.45, 7) is 7.38. The van der Waals surface area contributed by atoms with Crippen LogP contribution >= 0.6 is 24.0 Å². The van der Waals surface area contributed by atoms with Crippen LogP contribution in [0.1, 0.15) is 50.7 Å². The zero-order valence-corrected chi connectivity index (χ0v) is 17.2. The van der Waals surface area contributed by atoms with Crippen LogP contribution < -0.4 is 10.6 Å². The van der Waals surface area contributed by atoms with Gasteiger partial charge >= 0.3 is 0 Å². The number of aliphatic imine (C=N–C) groups is 1. The zero-order chi connectivity index (χ0) is 16.5.